The average molecular weight is 290 g/mol. The zero-order valence-electron chi connectivity index (χ0n) is 14.1. The van der Waals surface area contributed by atoms with Gasteiger partial charge in [0.15, 0.2) is 6.20 Å². The van der Waals surface area contributed by atoms with Gasteiger partial charge in [0.25, 0.3) is 0 Å². The van der Waals surface area contributed by atoms with Gasteiger partial charge < -0.3 is 0 Å². The maximum Gasteiger partial charge on any atom is 0.213 e. The maximum atomic E-state index is 2.33. The van der Waals surface area contributed by atoms with Crippen molar-refractivity contribution in [2.24, 2.45) is 7.05 Å². The third-order valence-corrected chi connectivity index (χ3v) is 4.45. The Morgan fingerprint density at radius 3 is 2.36 bits per heavy atom. The number of benzene rings is 2. The van der Waals surface area contributed by atoms with E-state index in [2.05, 4.69) is 88.0 Å². The molecule has 0 saturated carbocycles. The van der Waals surface area contributed by atoms with Crippen LogP contribution in [0, 0.1) is 13.8 Å². The van der Waals surface area contributed by atoms with E-state index in [0.717, 1.165) is 0 Å². The molecule has 0 amide bonds. The second-order valence-corrected chi connectivity index (χ2v) is 6.63. The smallest absolute Gasteiger partial charge is 0.200 e. The van der Waals surface area contributed by atoms with Crippen LogP contribution in [0.1, 0.15) is 36.5 Å². The van der Waals surface area contributed by atoms with E-state index in [1.54, 1.807) is 0 Å². The van der Waals surface area contributed by atoms with E-state index in [-0.39, 0.29) is 0 Å². The Balaban J connectivity index is 2.25. The van der Waals surface area contributed by atoms with Crippen molar-refractivity contribution >= 4 is 10.8 Å². The molecule has 0 atom stereocenters. The summed E-state index contributed by atoms with van der Waals surface area (Å²) in [6.07, 6.45) is 2.23. The van der Waals surface area contributed by atoms with Gasteiger partial charge in [-0.1, -0.05) is 43.7 Å². The number of aromatic nitrogens is 1. The van der Waals surface area contributed by atoms with E-state index in [4.69, 9.17) is 0 Å². The van der Waals surface area contributed by atoms with Crippen molar-refractivity contribution in [2.75, 3.05) is 0 Å². The van der Waals surface area contributed by atoms with Crippen LogP contribution in [0.4, 0.5) is 0 Å². The first-order chi connectivity index (χ1) is 10.5. The predicted molar refractivity (Wildman–Crippen MR) is 94.1 cm³/mol. The molecule has 1 heterocycles. The van der Waals surface area contributed by atoms with Crippen molar-refractivity contribution in [2.45, 2.75) is 33.6 Å². The van der Waals surface area contributed by atoms with Gasteiger partial charge in [-0.15, -0.1) is 0 Å². The molecule has 112 valence electrons. The Kier molecular flexibility index (Phi) is 3.74. The molecule has 1 nitrogen and oxygen atoms in total. The SMILES string of the molecule is Cc1ccc(C)c(-c2cc3cc(C(C)C)ccc3c[n+]2C)c1. The van der Waals surface area contributed by atoms with Crippen LogP contribution in [0.3, 0.4) is 0 Å². The van der Waals surface area contributed by atoms with Crippen LogP contribution in [-0.4, -0.2) is 0 Å². The zero-order valence-corrected chi connectivity index (χ0v) is 14.1. The van der Waals surface area contributed by atoms with E-state index in [1.165, 1.54) is 38.7 Å². The largest absolute Gasteiger partial charge is 0.213 e. The molecule has 0 fully saturated rings. The topological polar surface area (TPSA) is 3.88 Å². The molecule has 0 saturated heterocycles. The molecule has 22 heavy (non-hydrogen) atoms. The first kappa shape index (κ1) is 14.8. The number of hydrogen-bond acceptors (Lipinski definition) is 0. The van der Waals surface area contributed by atoms with Gasteiger partial charge in [0.05, 0.1) is 0 Å². The molecule has 0 aliphatic rings. The summed E-state index contributed by atoms with van der Waals surface area (Å²) >= 11 is 0. The highest BCUT2D eigenvalue weighted by molar-refractivity contribution is 5.85. The minimum absolute atomic E-state index is 0.558. The van der Waals surface area contributed by atoms with Gasteiger partial charge in [0, 0.05) is 17.0 Å². The third kappa shape index (κ3) is 2.64. The summed E-state index contributed by atoms with van der Waals surface area (Å²) in [5.74, 6) is 0.558. The first-order valence-corrected chi connectivity index (χ1v) is 7.96. The molecule has 0 aliphatic heterocycles. The number of pyridine rings is 1. The van der Waals surface area contributed by atoms with Crippen LogP contribution in [0.5, 0.6) is 0 Å². The number of nitrogens with zero attached hydrogens (tertiary/aromatic N) is 1. The second-order valence-electron chi connectivity index (χ2n) is 6.63. The van der Waals surface area contributed by atoms with Gasteiger partial charge in [-0.3, -0.25) is 0 Å². The van der Waals surface area contributed by atoms with Gasteiger partial charge >= 0.3 is 0 Å². The fourth-order valence-electron chi connectivity index (χ4n) is 3.00. The van der Waals surface area contributed by atoms with Crippen LogP contribution in [0.15, 0.2) is 48.7 Å². The summed E-state index contributed by atoms with van der Waals surface area (Å²) in [5, 5.41) is 2.61. The van der Waals surface area contributed by atoms with E-state index >= 15 is 0 Å². The Morgan fingerprint density at radius 2 is 1.64 bits per heavy atom. The van der Waals surface area contributed by atoms with Crippen molar-refractivity contribution in [3.63, 3.8) is 0 Å². The first-order valence-electron chi connectivity index (χ1n) is 7.96. The number of aryl methyl sites for hydroxylation is 3. The number of fused-ring (bicyclic) bond motifs is 1. The summed E-state index contributed by atoms with van der Waals surface area (Å²) in [6.45, 7) is 8.83. The Labute approximate surface area is 133 Å². The highest BCUT2D eigenvalue weighted by Gasteiger charge is 2.14. The van der Waals surface area contributed by atoms with Crippen LogP contribution < -0.4 is 4.57 Å². The Bertz CT molecular complexity index is 844. The molecule has 3 rings (SSSR count). The van der Waals surface area contributed by atoms with Gasteiger partial charge in [0.2, 0.25) is 5.69 Å². The minimum Gasteiger partial charge on any atom is -0.200 e. The molecule has 1 heteroatoms. The van der Waals surface area contributed by atoms with Crippen molar-refractivity contribution in [1.82, 2.24) is 0 Å². The molecule has 0 unspecified atom stereocenters. The van der Waals surface area contributed by atoms with E-state index < -0.39 is 0 Å². The zero-order chi connectivity index (χ0) is 15.9. The fourth-order valence-corrected chi connectivity index (χ4v) is 3.00. The minimum atomic E-state index is 0.558. The Hall–Kier alpha value is -2.15. The molecule has 1 aromatic heterocycles. The third-order valence-electron chi connectivity index (χ3n) is 4.45. The van der Waals surface area contributed by atoms with E-state index in [9.17, 15) is 0 Å². The van der Waals surface area contributed by atoms with Gasteiger partial charge in [-0.05, 0) is 48.4 Å². The lowest BCUT2D eigenvalue weighted by Gasteiger charge is -2.09. The van der Waals surface area contributed by atoms with Gasteiger partial charge in [-0.25, -0.2) is 4.57 Å². The lowest BCUT2D eigenvalue weighted by atomic mass is 9.97. The lowest BCUT2D eigenvalue weighted by Crippen LogP contribution is -2.30. The molecule has 3 aromatic rings. The van der Waals surface area contributed by atoms with E-state index in [0.29, 0.717) is 5.92 Å². The number of hydrogen-bond donors (Lipinski definition) is 0. The number of rotatable bonds is 2. The summed E-state index contributed by atoms with van der Waals surface area (Å²) in [5.41, 5.74) is 6.61. The lowest BCUT2D eigenvalue weighted by molar-refractivity contribution is -0.659. The van der Waals surface area contributed by atoms with Crippen LogP contribution in [0.25, 0.3) is 22.0 Å². The van der Waals surface area contributed by atoms with E-state index in [1.807, 2.05) is 0 Å². The maximum absolute atomic E-state index is 2.33. The molecule has 0 N–H and O–H groups in total. The molecule has 2 aromatic carbocycles. The molecule has 0 radical (unpaired) electrons. The fraction of sp³-hybridized carbons (Fsp3) is 0.286. The Morgan fingerprint density at radius 1 is 0.864 bits per heavy atom. The van der Waals surface area contributed by atoms with Crippen molar-refractivity contribution in [1.29, 1.82) is 0 Å². The van der Waals surface area contributed by atoms with Crippen molar-refractivity contribution in [3.8, 4) is 11.3 Å². The summed E-state index contributed by atoms with van der Waals surface area (Å²) in [4.78, 5) is 0. The summed E-state index contributed by atoms with van der Waals surface area (Å²) < 4.78 is 2.24. The van der Waals surface area contributed by atoms with Crippen LogP contribution >= 0.6 is 0 Å². The van der Waals surface area contributed by atoms with Crippen molar-refractivity contribution < 1.29 is 4.57 Å². The molecular weight excluding hydrogens is 266 g/mol. The average Bonchev–Trinajstić information content (AvgIpc) is 2.48. The quantitative estimate of drug-likeness (QED) is 0.580. The molecular formula is C21H24N+. The van der Waals surface area contributed by atoms with Crippen molar-refractivity contribution in [3.05, 3.63) is 65.4 Å². The van der Waals surface area contributed by atoms with Gasteiger partial charge in [-0.2, -0.15) is 0 Å². The molecule has 0 aliphatic carbocycles. The van der Waals surface area contributed by atoms with Crippen LogP contribution in [-0.2, 0) is 7.05 Å². The normalized spacial score (nSPS) is 11.4. The second kappa shape index (κ2) is 5.57. The summed E-state index contributed by atoms with van der Waals surface area (Å²) in [6, 6.07) is 15.8. The highest BCUT2D eigenvalue weighted by Crippen LogP contribution is 2.26. The summed E-state index contributed by atoms with van der Waals surface area (Å²) in [7, 11) is 2.13. The molecule has 0 bridgehead atoms. The monoisotopic (exact) mass is 290 g/mol. The van der Waals surface area contributed by atoms with Crippen LogP contribution in [0.2, 0.25) is 0 Å². The predicted octanol–water partition coefficient (Wildman–Crippen LogP) is 5.07. The highest BCUT2D eigenvalue weighted by atomic mass is 14.9. The standard InChI is InChI=1S/C21H24N/c1-14(2)17-8-9-18-13-22(5)21(12-19(18)11-17)20-10-15(3)6-7-16(20)4/h6-14H,1-5H3/q+1. The van der Waals surface area contributed by atoms with Gasteiger partial charge in [0.1, 0.15) is 7.05 Å². The molecule has 0 spiro atoms.